The summed E-state index contributed by atoms with van der Waals surface area (Å²) in [5.74, 6) is 0.242. The zero-order valence-corrected chi connectivity index (χ0v) is 9.46. The van der Waals surface area contributed by atoms with Gasteiger partial charge in [0, 0.05) is 24.8 Å². The third-order valence-electron chi connectivity index (χ3n) is 2.85. The van der Waals surface area contributed by atoms with Crippen LogP contribution in [0.5, 0.6) is 0 Å². The fourth-order valence-corrected chi connectivity index (χ4v) is 1.97. The number of carbonyl (C=O) groups is 2. The number of nitrogen functional groups attached to an aromatic ring is 1. The van der Waals surface area contributed by atoms with E-state index in [0.29, 0.717) is 18.1 Å². The average molecular weight is 245 g/mol. The van der Waals surface area contributed by atoms with E-state index in [0.717, 1.165) is 5.52 Å². The van der Waals surface area contributed by atoms with E-state index < -0.39 is 6.03 Å². The van der Waals surface area contributed by atoms with Crippen LogP contribution in [0.3, 0.4) is 0 Å². The van der Waals surface area contributed by atoms with Crippen LogP contribution < -0.4 is 16.0 Å². The van der Waals surface area contributed by atoms with Crippen LogP contribution in [0.4, 0.5) is 16.3 Å². The van der Waals surface area contributed by atoms with E-state index in [-0.39, 0.29) is 12.3 Å². The normalized spacial score (nSPS) is 16.1. The Morgan fingerprint density at radius 3 is 3.00 bits per heavy atom. The number of imide groups is 1. The molecule has 3 heterocycles. The highest BCUT2D eigenvalue weighted by atomic mass is 16.2. The number of imidazole rings is 1. The first-order valence-electron chi connectivity index (χ1n) is 5.49. The number of pyridine rings is 1. The van der Waals surface area contributed by atoms with Gasteiger partial charge in [0.05, 0.1) is 5.52 Å². The molecule has 1 aliphatic heterocycles. The third kappa shape index (κ3) is 1.56. The molecule has 2 aromatic heterocycles. The van der Waals surface area contributed by atoms with E-state index in [4.69, 9.17) is 5.73 Å². The number of anilines is 2. The minimum atomic E-state index is -0.450. The number of nitrogens with zero attached hydrogens (tertiary/aromatic N) is 3. The number of rotatable bonds is 1. The molecule has 0 saturated carbocycles. The molecule has 1 saturated heterocycles. The summed E-state index contributed by atoms with van der Waals surface area (Å²) in [5.41, 5.74) is 7.05. The SMILES string of the molecule is Nc1ccn2cnc(N3CCC(=O)NC3=O)c2c1. The number of hydrogen-bond donors (Lipinski definition) is 2. The second kappa shape index (κ2) is 3.73. The first-order chi connectivity index (χ1) is 8.65. The molecule has 0 spiro atoms. The lowest BCUT2D eigenvalue weighted by Gasteiger charge is -2.24. The lowest BCUT2D eigenvalue weighted by Crippen LogP contribution is -2.49. The second-order valence-electron chi connectivity index (χ2n) is 4.08. The van der Waals surface area contributed by atoms with Crippen molar-refractivity contribution in [3.8, 4) is 0 Å². The molecule has 0 aliphatic carbocycles. The van der Waals surface area contributed by atoms with Crippen molar-refractivity contribution >= 4 is 29.0 Å². The molecule has 7 heteroatoms. The minimum Gasteiger partial charge on any atom is -0.399 e. The number of fused-ring (bicyclic) bond motifs is 1. The maximum atomic E-state index is 11.7. The molecule has 0 unspecified atom stereocenters. The highest BCUT2D eigenvalue weighted by Gasteiger charge is 2.26. The topological polar surface area (TPSA) is 92.7 Å². The van der Waals surface area contributed by atoms with Crippen LogP contribution in [-0.2, 0) is 4.79 Å². The first kappa shape index (κ1) is 10.6. The van der Waals surface area contributed by atoms with E-state index in [2.05, 4.69) is 10.3 Å². The summed E-state index contributed by atoms with van der Waals surface area (Å²) in [5, 5.41) is 2.26. The molecule has 92 valence electrons. The lowest BCUT2D eigenvalue weighted by atomic mass is 10.3. The molecule has 3 amide bonds. The molecule has 3 rings (SSSR count). The van der Waals surface area contributed by atoms with Crippen molar-refractivity contribution in [1.29, 1.82) is 0 Å². The monoisotopic (exact) mass is 245 g/mol. The van der Waals surface area contributed by atoms with Gasteiger partial charge in [-0.05, 0) is 12.1 Å². The average Bonchev–Trinajstić information content (AvgIpc) is 2.72. The predicted octanol–water partition coefficient (Wildman–Crippen LogP) is 0.363. The van der Waals surface area contributed by atoms with Crippen LogP contribution >= 0.6 is 0 Å². The van der Waals surface area contributed by atoms with Gasteiger partial charge in [0.1, 0.15) is 6.33 Å². The fourth-order valence-electron chi connectivity index (χ4n) is 1.97. The van der Waals surface area contributed by atoms with Crippen molar-refractivity contribution in [2.24, 2.45) is 0 Å². The molecule has 0 bridgehead atoms. The zero-order valence-electron chi connectivity index (χ0n) is 9.46. The van der Waals surface area contributed by atoms with Crippen molar-refractivity contribution in [3.05, 3.63) is 24.7 Å². The molecule has 3 N–H and O–H groups in total. The second-order valence-corrected chi connectivity index (χ2v) is 4.08. The molecule has 0 aromatic carbocycles. The first-order valence-corrected chi connectivity index (χ1v) is 5.49. The largest absolute Gasteiger partial charge is 0.399 e. The number of aromatic nitrogens is 2. The maximum Gasteiger partial charge on any atom is 0.329 e. The Hall–Kier alpha value is -2.57. The highest BCUT2D eigenvalue weighted by Crippen LogP contribution is 2.23. The van der Waals surface area contributed by atoms with Gasteiger partial charge in [0.2, 0.25) is 5.91 Å². The summed E-state index contributed by atoms with van der Waals surface area (Å²) in [7, 11) is 0. The Morgan fingerprint density at radius 1 is 1.39 bits per heavy atom. The van der Waals surface area contributed by atoms with Crippen LogP contribution in [-0.4, -0.2) is 27.9 Å². The van der Waals surface area contributed by atoms with Crippen molar-refractivity contribution < 1.29 is 9.59 Å². The molecular weight excluding hydrogens is 234 g/mol. The summed E-state index contributed by atoms with van der Waals surface area (Å²) in [6.45, 7) is 0.326. The van der Waals surface area contributed by atoms with Gasteiger partial charge in [0.15, 0.2) is 5.82 Å². The molecule has 0 atom stereocenters. The number of urea groups is 1. The van der Waals surface area contributed by atoms with Crippen LogP contribution in [0.1, 0.15) is 6.42 Å². The van der Waals surface area contributed by atoms with E-state index in [1.807, 2.05) is 0 Å². The van der Waals surface area contributed by atoms with E-state index in [9.17, 15) is 9.59 Å². The standard InChI is InChI=1S/C11H11N5O2/c12-7-1-3-15-6-13-10(8(15)5-7)16-4-2-9(17)14-11(16)18/h1,3,5-6H,2,4,12H2,(H,14,17,18). The van der Waals surface area contributed by atoms with Gasteiger partial charge in [-0.3, -0.25) is 15.0 Å². The highest BCUT2D eigenvalue weighted by molar-refractivity contribution is 6.06. The molecule has 2 aromatic rings. The Kier molecular flexibility index (Phi) is 2.19. The quantitative estimate of drug-likeness (QED) is 0.758. The Bertz CT molecular complexity index is 648. The lowest BCUT2D eigenvalue weighted by molar-refractivity contribution is -0.120. The number of nitrogens with two attached hydrogens (primary N) is 1. The minimum absolute atomic E-state index is 0.265. The third-order valence-corrected chi connectivity index (χ3v) is 2.85. The van der Waals surface area contributed by atoms with Crippen LogP contribution in [0.15, 0.2) is 24.7 Å². The van der Waals surface area contributed by atoms with Crippen LogP contribution in [0, 0.1) is 0 Å². The van der Waals surface area contributed by atoms with Crippen molar-refractivity contribution in [2.75, 3.05) is 17.2 Å². The van der Waals surface area contributed by atoms with Gasteiger partial charge >= 0.3 is 6.03 Å². The molecule has 1 fully saturated rings. The van der Waals surface area contributed by atoms with Crippen molar-refractivity contribution in [1.82, 2.24) is 14.7 Å². The van der Waals surface area contributed by atoms with Gasteiger partial charge in [-0.15, -0.1) is 0 Å². The van der Waals surface area contributed by atoms with Crippen LogP contribution in [0.25, 0.3) is 5.52 Å². The molecular formula is C11H11N5O2. The Labute approximate surface area is 102 Å². The number of carbonyl (C=O) groups excluding carboxylic acids is 2. The van der Waals surface area contributed by atoms with Crippen molar-refractivity contribution in [3.63, 3.8) is 0 Å². The molecule has 0 radical (unpaired) electrons. The van der Waals surface area contributed by atoms with Crippen LogP contribution in [0.2, 0.25) is 0 Å². The molecule has 7 nitrogen and oxygen atoms in total. The van der Waals surface area contributed by atoms with E-state index >= 15 is 0 Å². The molecule has 1 aliphatic rings. The summed E-state index contributed by atoms with van der Waals surface area (Å²) in [6, 6.07) is 3.04. The summed E-state index contributed by atoms with van der Waals surface area (Å²) < 4.78 is 1.77. The summed E-state index contributed by atoms with van der Waals surface area (Å²) >= 11 is 0. The van der Waals surface area contributed by atoms with Gasteiger partial charge in [0.25, 0.3) is 0 Å². The van der Waals surface area contributed by atoms with Gasteiger partial charge in [-0.25, -0.2) is 9.78 Å². The van der Waals surface area contributed by atoms with Gasteiger partial charge in [-0.2, -0.15) is 0 Å². The summed E-state index contributed by atoms with van der Waals surface area (Å²) in [6.07, 6.45) is 3.65. The zero-order chi connectivity index (χ0) is 12.7. The smallest absolute Gasteiger partial charge is 0.329 e. The van der Waals surface area contributed by atoms with E-state index in [1.54, 1.807) is 29.1 Å². The van der Waals surface area contributed by atoms with Crippen molar-refractivity contribution in [2.45, 2.75) is 6.42 Å². The maximum absolute atomic E-state index is 11.7. The fraction of sp³-hybridized carbons (Fsp3) is 0.182. The Morgan fingerprint density at radius 2 is 2.22 bits per heavy atom. The van der Waals surface area contributed by atoms with E-state index in [1.165, 1.54) is 4.90 Å². The van der Waals surface area contributed by atoms with Gasteiger partial charge in [-0.1, -0.05) is 0 Å². The molecule has 18 heavy (non-hydrogen) atoms. The number of hydrogen-bond acceptors (Lipinski definition) is 4. The predicted molar refractivity (Wildman–Crippen MR) is 65.1 cm³/mol. The number of amides is 3. The summed E-state index contributed by atoms with van der Waals surface area (Å²) in [4.78, 5) is 28.5. The number of nitrogens with one attached hydrogen (secondary N) is 1. The Balaban J connectivity index is 2.06. The van der Waals surface area contributed by atoms with Gasteiger partial charge < -0.3 is 10.1 Å².